The van der Waals surface area contributed by atoms with Crippen molar-refractivity contribution >= 4 is 5.69 Å². The Kier molecular flexibility index (Phi) is 2.11. The molecule has 0 bridgehead atoms. The molecule has 0 unspecified atom stereocenters. The Morgan fingerprint density at radius 2 is 2.36 bits per heavy atom. The maximum Gasteiger partial charge on any atom is 0.119 e. The van der Waals surface area contributed by atoms with Crippen LogP contribution in [0.1, 0.15) is 12.5 Å². The van der Waals surface area contributed by atoms with Gasteiger partial charge in [0.25, 0.3) is 0 Å². The Labute approximate surface area is 83.7 Å². The van der Waals surface area contributed by atoms with Crippen LogP contribution in [-0.2, 0) is 5.41 Å². The van der Waals surface area contributed by atoms with Gasteiger partial charge in [-0.05, 0) is 23.8 Å². The van der Waals surface area contributed by atoms with Crippen molar-refractivity contribution in [2.45, 2.75) is 12.3 Å². The second-order valence-electron chi connectivity index (χ2n) is 3.98. The molecule has 1 atom stereocenters. The van der Waals surface area contributed by atoms with Crippen LogP contribution >= 0.6 is 0 Å². The van der Waals surface area contributed by atoms with Crippen LogP contribution in [-0.4, -0.2) is 25.4 Å². The summed E-state index contributed by atoms with van der Waals surface area (Å²) in [5.74, 6) is 0.840. The van der Waals surface area contributed by atoms with Crippen molar-refractivity contribution < 1.29 is 9.84 Å². The van der Waals surface area contributed by atoms with E-state index in [0.717, 1.165) is 23.5 Å². The third-order valence-electron chi connectivity index (χ3n) is 2.89. The lowest BCUT2D eigenvalue weighted by molar-refractivity contribution is 0.218. The third-order valence-corrected chi connectivity index (χ3v) is 2.89. The van der Waals surface area contributed by atoms with Crippen molar-refractivity contribution in [2.75, 3.05) is 25.6 Å². The van der Waals surface area contributed by atoms with Crippen LogP contribution in [0.25, 0.3) is 0 Å². The van der Waals surface area contributed by atoms with Crippen molar-refractivity contribution in [3.05, 3.63) is 23.8 Å². The Morgan fingerprint density at radius 3 is 3.00 bits per heavy atom. The number of benzene rings is 1. The number of anilines is 1. The molecule has 2 N–H and O–H groups in total. The molecule has 0 amide bonds. The summed E-state index contributed by atoms with van der Waals surface area (Å²) in [6, 6.07) is 5.91. The smallest absolute Gasteiger partial charge is 0.119 e. The van der Waals surface area contributed by atoms with E-state index in [4.69, 9.17) is 4.74 Å². The number of rotatable bonds is 2. The lowest BCUT2D eigenvalue weighted by Gasteiger charge is -2.20. The number of ether oxygens (including phenoxy) is 1. The van der Waals surface area contributed by atoms with Crippen LogP contribution < -0.4 is 10.1 Å². The highest BCUT2D eigenvalue weighted by molar-refractivity contribution is 5.62. The van der Waals surface area contributed by atoms with Gasteiger partial charge in [0.2, 0.25) is 0 Å². The molecule has 1 aromatic rings. The second-order valence-corrected chi connectivity index (χ2v) is 3.98. The summed E-state index contributed by atoms with van der Waals surface area (Å²) < 4.78 is 5.17. The summed E-state index contributed by atoms with van der Waals surface area (Å²) in [4.78, 5) is 0. The molecule has 1 aromatic carbocycles. The number of methoxy groups -OCH3 is 1. The second kappa shape index (κ2) is 3.17. The van der Waals surface area contributed by atoms with Gasteiger partial charge in [-0.15, -0.1) is 0 Å². The van der Waals surface area contributed by atoms with E-state index >= 15 is 0 Å². The topological polar surface area (TPSA) is 41.5 Å². The summed E-state index contributed by atoms with van der Waals surface area (Å²) in [7, 11) is 1.65. The highest BCUT2D eigenvalue weighted by atomic mass is 16.5. The van der Waals surface area contributed by atoms with Crippen molar-refractivity contribution in [2.24, 2.45) is 0 Å². The van der Waals surface area contributed by atoms with E-state index in [2.05, 4.69) is 5.32 Å². The molecule has 0 saturated heterocycles. The van der Waals surface area contributed by atoms with E-state index in [1.165, 1.54) is 0 Å². The van der Waals surface area contributed by atoms with Gasteiger partial charge in [0, 0.05) is 17.6 Å². The van der Waals surface area contributed by atoms with Gasteiger partial charge >= 0.3 is 0 Å². The lowest BCUT2D eigenvalue weighted by Crippen LogP contribution is -2.28. The average molecular weight is 193 g/mol. The quantitative estimate of drug-likeness (QED) is 0.745. The predicted octanol–water partition coefficient (Wildman–Crippen LogP) is 1.37. The first-order valence-corrected chi connectivity index (χ1v) is 4.73. The monoisotopic (exact) mass is 193 g/mol. The van der Waals surface area contributed by atoms with E-state index in [1.807, 2.05) is 25.1 Å². The number of aliphatic hydroxyl groups excluding tert-OH is 1. The molecule has 1 aliphatic heterocycles. The molecule has 0 aromatic heterocycles. The molecule has 0 radical (unpaired) electrons. The Bertz CT molecular complexity index is 351. The van der Waals surface area contributed by atoms with Crippen molar-refractivity contribution in [3.8, 4) is 5.75 Å². The molecule has 0 spiro atoms. The molecule has 2 rings (SSSR count). The fraction of sp³-hybridized carbons (Fsp3) is 0.455. The van der Waals surface area contributed by atoms with Crippen LogP contribution in [0.4, 0.5) is 5.69 Å². The average Bonchev–Trinajstić information content (AvgIpc) is 2.57. The predicted molar refractivity (Wildman–Crippen MR) is 55.9 cm³/mol. The number of fused-ring (bicyclic) bond motifs is 1. The molecular weight excluding hydrogens is 178 g/mol. The zero-order valence-corrected chi connectivity index (χ0v) is 8.50. The molecule has 0 aliphatic carbocycles. The largest absolute Gasteiger partial charge is 0.497 e. The summed E-state index contributed by atoms with van der Waals surface area (Å²) in [5, 5.41) is 12.6. The maximum atomic E-state index is 9.35. The van der Waals surface area contributed by atoms with Gasteiger partial charge in [-0.25, -0.2) is 0 Å². The van der Waals surface area contributed by atoms with E-state index in [0.29, 0.717) is 0 Å². The fourth-order valence-electron chi connectivity index (χ4n) is 1.83. The molecule has 76 valence electrons. The van der Waals surface area contributed by atoms with Crippen LogP contribution in [0.3, 0.4) is 0 Å². The molecule has 1 aliphatic rings. The van der Waals surface area contributed by atoms with Crippen LogP contribution in [0.15, 0.2) is 18.2 Å². The molecule has 0 saturated carbocycles. The Balaban J connectivity index is 2.47. The number of hydrogen-bond donors (Lipinski definition) is 2. The minimum atomic E-state index is -0.177. The van der Waals surface area contributed by atoms with E-state index in [1.54, 1.807) is 7.11 Å². The van der Waals surface area contributed by atoms with Gasteiger partial charge in [0.05, 0.1) is 13.7 Å². The lowest BCUT2D eigenvalue weighted by atomic mass is 9.85. The first-order valence-electron chi connectivity index (χ1n) is 4.73. The molecule has 1 heterocycles. The standard InChI is InChI=1S/C11H15NO2/c1-11(7-13)6-12-10-4-3-8(14-2)5-9(10)11/h3-5,12-13H,6-7H2,1-2H3/t11-/m1/s1. The van der Waals surface area contributed by atoms with Gasteiger partial charge < -0.3 is 15.2 Å². The summed E-state index contributed by atoms with van der Waals surface area (Å²) in [6.07, 6.45) is 0. The van der Waals surface area contributed by atoms with Crippen LogP contribution in [0.2, 0.25) is 0 Å². The molecular formula is C11H15NO2. The number of nitrogens with one attached hydrogen (secondary N) is 1. The molecule has 0 fully saturated rings. The summed E-state index contributed by atoms with van der Waals surface area (Å²) in [6.45, 7) is 2.98. The first-order chi connectivity index (χ1) is 6.69. The molecule has 3 heteroatoms. The first kappa shape index (κ1) is 9.34. The number of hydrogen-bond acceptors (Lipinski definition) is 3. The van der Waals surface area contributed by atoms with Crippen LogP contribution in [0.5, 0.6) is 5.75 Å². The van der Waals surface area contributed by atoms with Gasteiger partial charge in [0.1, 0.15) is 5.75 Å². The fourth-order valence-corrected chi connectivity index (χ4v) is 1.83. The SMILES string of the molecule is COc1ccc2c(c1)[C@@](C)(CO)CN2. The normalized spacial score (nSPS) is 24.2. The minimum Gasteiger partial charge on any atom is -0.497 e. The van der Waals surface area contributed by atoms with Crippen LogP contribution in [0, 0.1) is 0 Å². The Hall–Kier alpha value is -1.22. The highest BCUT2D eigenvalue weighted by Gasteiger charge is 2.33. The van der Waals surface area contributed by atoms with Crippen molar-refractivity contribution in [1.82, 2.24) is 0 Å². The zero-order valence-electron chi connectivity index (χ0n) is 8.50. The van der Waals surface area contributed by atoms with Gasteiger partial charge in [-0.3, -0.25) is 0 Å². The van der Waals surface area contributed by atoms with Gasteiger partial charge in [-0.1, -0.05) is 6.92 Å². The zero-order chi connectivity index (χ0) is 10.2. The Morgan fingerprint density at radius 1 is 1.57 bits per heavy atom. The summed E-state index contributed by atoms with van der Waals surface area (Å²) >= 11 is 0. The third kappa shape index (κ3) is 1.24. The number of aliphatic hydroxyl groups is 1. The molecule has 14 heavy (non-hydrogen) atoms. The van der Waals surface area contributed by atoms with Gasteiger partial charge in [-0.2, -0.15) is 0 Å². The van der Waals surface area contributed by atoms with Crippen molar-refractivity contribution in [1.29, 1.82) is 0 Å². The van der Waals surface area contributed by atoms with E-state index in [9.17, 15) is 5.11 Å². The van der Waals surface area contributed by atoms with E-state index < -0.39 is 0 Å². The van der Waals surface area contributed by atoms with Gasteiger partial charge in [0.15, 0.2) is 0 Å². The summed E-state index contributed by atoms with van der Waals surface area (Å²) in [5.41, 5.74) is 2.06. The minimum absolute atomic E-state index is 0.153. The maximum absolute atomic E-state index is 9.35. The highest BCUT2D eigenvalue weighted by Crippen LogP contribution is 2.38. The van der Waals surface area contributed by atoms with Crippen molar-refractivity contribution in [3.63, 3.8) is 0 Å². The molecule has 3 nitrogen and oxygen atoms in total. The van der Waals surface area contributed by atoms with E-state index in [-0.39, 0.29) is 12.0 Å².